The highest BCUT2D eigenvalue weighted by molar-refractivity contribution is 6.09. The van der Waals surface area contributed by atoms with Crippen LogP contribution >= 0.6 is 0 Å². The lowest BCUT2D eigenvalue weighted by Gasteiger charge is -2.06. The van der Waals surface area contributed by atoms with E-state index in [1.165, 1.54) is 0 Å². The van der Waals surface area contributed by atoms with Gasteiger partial charge in [0.15, 0.2) is 11.5 Å². The maximum atomic E-state index is 12.7. The molecule has 0 aliphatic heterocycles. The molecule has 4 aromatic rings. The summed E-state index contributed by atoms with van der Waals surface area (Å²) in [4.78, 5) is 25.2. The fourth-order valence-electron chi connectivity index (χ4n) is 3.12. The molecule has 0 bridgehead atoms. The maximum Gasteiger partial charge on any atom is 0.278 e. The van der Waals surface area contributed by atoms with Gasteiger partial charge in [0.05, 0.1) is 11.4 Å². The van der Waals surface area contributed by atoms with Crippen LogP contribution in [0.2, 0.25) is 0 Å². The van der Waals surface area contributed by atoms with Gasteiger partial charge in [0.25, 0.3) is 5.91 Å². The number of nitrogens with one attached hydrogen (secondary N) is 1. The van der Waals surface area contributed by atoms with Gasteiger partial charge >= 0.3 is 0 Å². The van der Waals surface area contributed by atoms with Crippen molar-refractivity contribution in [3.05, 3.63) is 107 Å². The number of hydrogen-bond donors (Lipinski definition) is 1. The molecule has 0 fully saturated rings. The zero-order chi connectivity index (χ0) is 21.1. The molecule has 1 N–H and O–H groups in total. The molecule has 0 unspecified atom stereocenters. The van der Waals surface area contributed by atoms with Gasteiger partial charge in [0.2, 0.25) is 0 Å². The smallest absolute Gasteiger partial charge is 0.278 e. The summed E-state index contributed by atoms with van der Waals surface area (Å²) in [5.74, 6) is -0.415. The Morgan fingerprint density at radius 3 is 2.03 bits per heavy atom. The minimum Gasteiger partial charge on any atom is -0.321 e. The summed E-state index contributed by atoms with van der Waals surface area (Å²) >= 11 is 0. The van der Waals surface area contributed by atoms with E-state index in [0.717, 1.165) is 11.3 Å². The van der Waals surface area contributed by atoms with Gasteiger partial charge in [-0.1, -0.05) is 53.2 Å². The average molecular weight is 396 g/mol. The Morgan fingerprint density at radius 2 is 1.40 bits per heavy atom. The Morgan fingerprint density at radius 1 is 0.800 bits per heavy atom. The quantitative estimate of drug-likeness (QED) is 0.508. The third-order valence-corrected chi connectivity index (χ3v) is 4.83. The molecule has 0 atom stereocenters. The number of benzene rings is 3. The van der Waals surface area contributed by atoms with Crippen molar-refractivity contribution in [2.24, 2.45) is 0 Å². The predicted molar refractivity (Wildman–Crippen MR) is 115 cm³/mol. The van der Waals surface area contributed by atoms with Crippen molar-refractivity contribution < 1.29 is 9.59 Å². The third-order valence-electron chi connectivity index (χ3n) is 4.83. The Kier molecular flexibility index (Phi) is 5.22. The molecule has 0 saturated heterocycles. The summed E-state index contributed by atoms with van der Waals surface area (Å²) in [5, 5.41) is 10.9. The Hall–Kier alpha value is -4.06. The second-order valence-corrected chi connectivity index (χ2v) is 7.00. The normalized spacial score (nSPS) is 10.6. The third kappa shape index (κ3) is 3.89. The fraction of sp³-hybridized carbons (Fsp3) is 0.0833. The molecule has 3 aromatic carbocycles. The van der Waals surface area contributed by atoms with E-state index in [1.807, 2.05) is 61.5 Å². The molecule has 1 heterocycles. The van der Waals surface area contributed by atoms with E-state index < -0.39 is 0 Å². The number of aryl methyl sites for hydroxylation is 1. The molecule has 0 spiro atoms. The van der Waals surface area contributed by atoms with Crippen molar-refractivity contribution in [1.82, 2.24) is 15.0 Å². The summed E-state index contributed by atoms with van der Waals surface area (Å²) in [6, 6.07) is 23.8. The van der Waals surface area contributed by atoms with Crippen LogP contribution in [-0.2, 0) is 0 Å². The molecular formula is C24H20N4O2. The average Bonchev–Trinajstić information content (AvgIpc) is 3.16. The minimum absolute atomic E-state index is 0.0606. The Bertz CT molecular complexity index is 1190. The molecule has 0 aliphatic rings. The molecule has 0 radical (unpaired) electrons. The Balaban J connectivity index is 1.49. The summed E-state index contributed by atoms with van der Waals surface area (Å²) in [6.45, 7) is 3.77. The number of para-hydroxylation sites is 1. The van der Waals surface area contributed by atoms with Gasteiger partial charge in [-0.15, -0.1) is 5.10 Å². The first-order chi connectivity index (χ1) is 14.5. The highest BCUT2D eigenvalue weighted by atomic mass is 16.2. The largest absolute Gasteiger partial charge is 0.321 e. The molecular weight excluding hydrogens is 376 g/mol. The lowest BCUT2D eigenvalue weighted by atomic mass is 10.0. The van der Waals surface area contributed by atoms with E-state index in [1.54, 1.807) is 35.9 Å². The van der Waals surface area contributed by atoms with E-state index in [2.05, 4.69) is 15.6 Å². The predicted octanol–water partition coefficient (Wildman–Crippen LogP) is 4.37. The molecule has 148 valence electrons. The fourth-order valence-corrected chi connectivity index (χ4v) is 3.12. The van der Waals surface area contributed by atoms with Crippen LogP contribution in [0.15, 0.2) is 78.9 Å². The highest BCUT2D eigenvalue weighted by Gasteiger charge is 2.18. The number of nitrogens with zero attached hydrogens (tertiary/aromatic N) is 3. The van der Waals surface area contributed by atoms with Gasteiger partial charge in [0.1, 0.15) is 0 Å². The number of carbonyl (C=O) groups is 2. The van der Waals surface area contributed by atoms with Gasteiger partial charge in [-0.3, -0.25) is 9.59 Å². The van der Waals surface area contributed by atoms with E-state index in [-0.39, 0.29) is 17.4 Å². The van der Waals surface area contributed by atoms with Crippen LogP contribution in [0.1, 0.15) is 37.7 Å². The standard InChI is InChI=1S/C24H20N4O2/c1-16-8-10-18(11-9-16)23(29)19-12-14-20(15-13-19)25-24(30)22-17(2)28(27-26-22)21-6-4-3-5-7-21/h3-15H,1-2H3,(H,25,30). The van der Waals surface area contributed by atoms with Crippen molar-refractivity contribution in [2.75, 3.05) is 5.32 Å². The molecule has 0 saturated carbocycles. The Labute approximate surface area is 174 Å². The van der Waals surface area contributed by atoms with E-state index in [0.29, 0.717) is 22.5 Å². The van der Waals surface area contributed by atoms with Crippen molar-refractivity contribution in [3.8, 4) is 5.69 Å². The van der Waals surface area contributed by atoms with Gasteiger partial charge in [-0.2, -0.15) is 0 Å². The molecule has 1 aromatic heterocycles. The number of rotatable bonds is 5. The molecule has 6 nitrogen and oxygen atoms in total. The maximum absolute atomic E-state index is 12.7. The highest BCUT2D eigenvalue weighted by Crippen LogP contribution is 2.17. The summed E-state index contributed by atoms with van der Waals surface area (Å²) < 4.78 is 1.62. The van der Waals surface area contributed by atoms with Gasteiger partial charge in [-0.05, 0) is 50.2 Å². The summed E-state index contributed by atoms with van der Waals surface area (Å²) in [6.07, 6.45) is 0. The van der Waals surface area contributed by atoms with Crippen LogP contribution in [0.5, 0.6) is 0 Å². The topological polar surface area (TPSA) is 76.9 Å². The number of hydrogen-bond acceptors (Lipinski definition) is 4. The lowest BCUT2D eigenvalue weighted by molar-refractivity contribution is 0.101. The van der Waals surface area contributed by atoms with Crippen LogP contribution in [0, 0.1) is 13.8 Å². The van der Waals surface area contributed by atoms with E-state index in [9.17, 15) is 9.59 Å². The number of anilines is 1. The van der Waals surface area contributed by atoms with Crippen molar-refractivity contribution in [3.63, 3.8) is 0 Å². The number of ketones is 1. The molecule has 4 rings (SSSR count). The van der Waals surface area contributed by atoms with Gasteiger partial charge in [-0.25, -0.2) is 4.68 Å². The van der Waals surface area contributed by atoms with Crippen LogP contribution in [0.25, 0.3) is 5.69 Å². The molecule has 0 aliphatic carbocycles. The minimum atomic E-state index is -0.354. The van der Waals surface area contributed by atoms with Crippen LogP contribution in [0.4, 0.5) is 5.69 Å². The number of aromatic nitrogens is 3. The SMILES string of the molecule is Cc1ccc(C(=O)c2ccc(NC(=O)c3nnn(-c4ccccc4)c3C)cc2)cc1. The van der Waals surface area contributed by atoms with Gasteiger partial charge in [0, 0.05) is 16.8 Å². The first-order valence-corrected chi connectivity index (χ1v) is 9.53. The van der Waals surface area contributed by atoms with Crippen molar-refractivity contribution in [1.29, 1.82) is 0 Å². The zero-order valence-electron chi connectivity index (χ0n) is 16.7. The second kappa shape index (κ2) is 8.13. The second-order valence-electron chi connectivity index (χ2n) is 7.00. The molecule has 30 heavy (non-hydrogen) atoms. The molecule has 1 amide bonds. The van der Waals surface area contributed by atoms with E-state index in [4.69, 9.17) is 0 Å². The first kappa shape index (κ1) is 19.3. The first-order valence-electron chi connectivity index (χ1n) is 9.53. The van der Waals surface area contributed by atoms with Crippen LogP contribution in [0.3, 0.4) is 0 Å². The van der Waals surface area contributed by atoms with Crippen LogP contribution in [-0.4, -0.2) is 26.7 Å². The van der Waals surface area contributed by atoms with Crippen molar-refractivity contribution in [2.45, 2.75) is 13.8 Å². The van der Waals surface area contributed by atoms with E-state index >= 15 is 0 Å². The lowest BCUT2D eigenvalue weighted by Crippen LogP contribution is -2.14. The van der Waals surface area contributed by atoms with Crippen LogP contribution < -0.4 is 5.32 Å². The summed E-state index contributed by atoms with van der Waals surface area (Å²) in [5.41, 5.74) is 4.59. The number of amides is 1. The zero-order valence-corrected chi connectivity index (χ0v) is 16.7. The molecule has 6 heteroatoms. The van der Waals surface area contributed by atoms with Gasteiger partial charge < -0.3 is 5.32 Å². The summed E-state index contributed by atoms with van der Waals surface area (Å²) in [7, 11) is 0. The number of carbonyl (C=O) groups excluding carboxylic acids is 2. The monoisotopic (exact) mass is 396 g/mol. The van der Waals surface area contributed by atoms with Crippen molar-refractivity contribution >= 4 is 17.4 Å².